The predicted molar refractivity (Wildman–Crippen MR) is 121 cm³/mol. The van der Waals surface area contributed by atoms with E-state index in [0.717, 1.165) is 53.3 Å². The normalized spacial score (nSPS) is 18.8. The molecular weight excluding hydrogens is 432 g/mol. The number of fused-ring (bicyclic) bond motifs is 1. The van der Waals surface area contributed by atoms with Gasteiger partial charge in [0.25, 0.3) is 0 Å². The number of carbonyl (C=O) groups is 1. The highest BCUT2D eigenvalue weighted by molar-refractivity contribution is 7.99. The van der Waals surface area contributed by atoms with Crippen molar-refractivity contribution in [2.24, 2.45) is 5.41 Å². The molecule has 1 fully saturated rings. The number of aromatic nitrogens is 1. The summed E-state index contributed by atoms with van der Waals surface area (Å²) in [7, 11) is -3.42. The first-order chi connectivity index (χ1) is 14.6. The highest BCUT2D eigenvalue weighted by atomic mass is 32.2. The second-order valence-electron chi connectivity index (χ2n) is 9.35. The van der Waals surface area contributed by atoms with Crippen LogP contribution in [0.5, 0.6) is 0 Å². The van der Waals surface area contributed by atoms with Gasteiger partial charge >= 0.3 is 5.97 Å². The number of hydrogen-bond donors (Lipinski definition) is 1. The largest absolute Gasteiger partial charge is 0.480 e. The second-order valence-corrected chi connectivity index (χ2v) is 12.4. The zero-order valence-corrected chi connectivity index (χ0v) is 20.0. The highest BCUT2D eigenvalue weighted by Crippen LogP contribution is 2.44. The second kappa shape index (κ2) is 8.30. The lowest BCUT2D eigenvalue weighted by molar-refractivity contribution is -0.137. The minimum Gasteiger partial charge on any atom is -0.480 e. The van der Waals surface area contributed by atoms with Gasteiger partial charge in [-0.1, -0.05) is 25.6 Å². The Morgan fingerprint density at radius 1 is 1.16 bits per heavy atom. The zero-order valence-electron chi connectivity index (χ0n) is 18.3. The van der Waals surface area contributed by atoms with Gasteiger partial charge in [-0.15, -0.1) is 0 Å². The molecule has 2 aromatic rings. The monoisotopic (exact) mass is 462 g/mol. The van der Waals surface area contributed by atoms with Crippen molar-refractivity contribution in [1.82, 2.24) is 8.87 Å². The molecule has 8 heteroatoms. The van der Waals surface area contributed by atoms with Crippen LogP contribution >= 0.6 is 11.8 Å². The summed E-state index contributed by atoms with van der Waals surface area (Å²) < 4.78 is 29.1. The first kappa shape index (κ1) is 22.4. The molecule has 6 nitrogen and oxygen atoms in total. The minimum absolute atomic E-state index is 0.0256. The predicted octanol–water partition coefficient (Wildman–Crippen LogP) is 4.33. The van der Waals surface area contributed by atoms with Crippen molar-refractivity contribution in [3.05, 3.63) is 41.2 Å². The Morgan fingerprint density at radius 2 is 1.81 bits per heavy atom. The van der Waals surface area contributed by atoms with E-state index in [2.05, 4.69) is 13.8 Å². The van der Waals surface area contributed by atoms with Crippen LogP contribution < -0.4 is 0 Å². The van der Waals surface area contributed by atoms with Crippen molar-refractivity contribution in [2.45, 2.75) is 74.1 Å². The minimum atomic E-state index is -3.42. The van der Waals surface area contributed by atoms with E-state index in [0.29, 0.717) is 18.0 Å². The first-order valence-electron chi connectivity index (χ1n) is 10.8. The molecule has 1 aromatic heterocycles. The van der Waals surface area contributed by atoms with Crippen molar-refractivity contribution >= 4 is 27.8 Å². The Kier molecular flexibility index (Phi) is 6.00. The van der Waals surface area contributed by atoms with Gasteiger partial charge in [0.1, 0.15) is 6.54 Å². The van der Waals surface area contributed by atoms with Crippen molar-refractivity contribution in [1.29, 1.82) is 0 Å². The third-order valence-electron chi connectivity index (χ3n) is 6.42. The maximum atomic E-state index is 12.8. The van der Waals surface area contributed by atoms with Gasteiger partial charge in [-0.25, -0.2) is 8.42 Å². The van der Waals surface area contributed by atoms with Gasteiger partial charge in [-0.05, 0) is 74.3 Å². The fourth-order valence-corrected chi connectivity index (χ4v) is 7.29. The lowest BCUT2D eigenvalue weighted by Gasteiger charge is -2.30. The van der Waals surface area contributed by atoms with Crippen LogP contribution in [-0.4, -0.2) is 41.5 Å². The molecule has 0 radical (unpaired) electrons. The Morgan fingerprint density at radius 3 is 2.42 bits per heavy atom. The van der Waals surface area contributed by atoms with Crippen molar-refractivity contribution in [3.63, 3.8) is 0 Å². The van der Waals surface area contributed by atoms with E-state index < -0.39 is 16.0 Å². The van der Waals surface area contributed by atoms with Crippen LogP contribution in [-0.2, 0) is 34.2 Å². The van der Waals surface area contributed by atoms with E-state index in [9.17, 15) is 18.3 Å². The number of carboxylic acids is 1. The molecule has 0 spiro atoms. The molecule has 1 N–H and O–H groups in total. The van der Waals surface area contributed by atoms with Crippen LogP contribution in [0.3, 0.4) is 0 Å². The van der Waals surface area contributed by atoms with Crippen LogP contribution in [0.2, 0.25) is 0 Å². The fraction of sp³-hybridized carbons (Fsp3) is 0.522. The molecule has 0 amide bonds. The summed E-state index contributed by atoms with van der Waals surface area (Å²) in [5.41, 5.74) is 3.53. The maximum Gasteiger partial charge on any atom is 0.323 e. The van der Waals surface area contributed by atoms with E-state index in [1.54, 1.807) is 28.2 Å². The quantitative estimate of drug-likeness (QED) is 0.691. The molecule has 0 unspecified atom stereocenters. The van der Waals surface area contributed by atoms with Gasteiger partial charge in [0.2, 0.25) is 10.0 Å². The molecule has 31 heavy (non-hydrogen) atoms. The van der Waals surface area contributed by atoms with E-state index in [-0.39, 0.29) is 12.0 Å². The Balaban J connectivity index is 1.65. The molecule has 2 aliphatic rings. The van der Waals surface area contributed by atoms with Gasteiger partial charge in [0, 0.05) is 34.3 Å². The Labute approximate surface area is 188 Å². The summed E-state index contributed by atoms with van der Waals surface area (Å²) in [5, 5.41) is 9.40. The van der Waals surface area contributed by atoms with E-state index in [4.69, 9.17) is 0 Å². The van der Waals surface area contributed by atoms with Gasteiger partial charge in [-0.3, -0.25) is 4.79 Å². The van der Waals surface area contributed by atoms with E-state index in [1.807, 2.05) is 23.6 Å². The summed E-state index contributed by atoms with van der Waals surface area (Å²) in [5.74, 6) is -0.834. The number of aliphatic carboxylic acids is 1. The molecule has 1 aliphatic carbocycles. The van der Waals surface area contributed by atoms with Crippen LogP contribution in [0.4, 0.5) is 0 Å². The molecule has 0 saturated carbocycles. The summed E-state index contributed by atoms with van der Waals surface area (Å²) in [6.07, 6.45) is 4.67. The molecule has 4 rings (SSSR count). The van der Waals surface area contributed by atoms with Gasteiger partial charge in [0.05, 0.1) is 4.90 Å². The standard InChI is InChI=1S/C23H30N2O4S2/c1-16-22(19-14-23(2,3)11-10-20(19)25(16)15-21(26)27)30-17-6-8-18(9-7-17)31(28,29)24-12-4-5-13-24/h6-9H,4-5,10-15H2,1-3H3,(H,26,27). The smallest absolute Gasteiger partial charge is 0.323 e. The Hall–Kier alpha value is -1.77. The SMILES string of the molecule is Cc1c(Sc2ccc(S(=O)(=O)N3CCCC3)cc2)c2c(n1CC(=O)O)CCC(C)(C)C2. The number of sulfonamides is 1. The average Bonchev–Trinajstić information content (AvgIpc) is 3.32. The molecule has 0 atom stereocenters. The number of carboxylic acid groups (broad SMARTS) is 1. The third kappa shape index (κ3) is 4.43. The topological polar surface area (TPSA) is 79.6 Å². The third-order valence-corrected chi connectivity index (χ3v) is 9.58. The van der Waals surface area contributed by atoms with Crippen molar-refractivity contribution in [3.8, 4) is 0 Å². The van der Waals surface area contributed by atoms with Crippen LogP contribution in [0.15, 0.2) is 39.0 Å². The van der Waals surface area contributed by atoms with E-state index in [1.165, 1.54) is 5.56 Å². The summed E-state index contributed by atoms with van der Waals surface area (Å²) in [4.78, 5) is 13.9. The van der Waals surface area contributed by atoms with Gasteiger partial charge in [0.15, 0.2) is 0 Å². The van der Waals surface area contributed by atoms with Crippen LogP contribution in [0.1, 0.15) is 50.1 Å². The fourth-order valence-electron chi connectivity index (χ4n) is 4.69. The maximum absolute atomic E-state index is 12.8. The summed E-state index contributed by atoms with van der Waals surface area (Å²) >= 11 is 1.61. The van der Waals surface area contributed by atoms with Crippen LogP contribution in [0, 0.1) is 12.3 Å². The number of benzene rings is 1. The summed E-state index contributed by atoms with van der Waals surface area (Å²) in [6, 6.07) is 7.11. The average molecular weight is 463 g/mol. The van der Waals surface area contributed by atoms with Crippen molar-refractivity contribution in [2.75, 3.05) is 13.1 Å². The lowest BCUT2D eigenvalue weighted by Crippen LogP contribution is -2.27. The van der Waals surface area contributed by atoms with Crippen LogP contribution in [0.25, 0.3) is 0 Å². The zero-order chi connectivity index (χ0) is 22.4. The van der Waals surface area contributed by atoms with Gasteiger partial charge in [-0.2, -0.15) is 4.31 Å². The molecule has 168 valence electrons. The molecular formula is C23H30N2O4S2. The molecule has 1 aromatic carbocycles. The number of hydrogen-bond acceptors (Lipinski definition) is 4. The highest BCUT2D eigenvalue weighted by Gasteiger charge is 2.32. The number of nitrogens with zero attached hydrogens (tertiary/aromatic N) is 2. The molecule has 1 aliphatic heterocycles. The molecule has 0 bridgehead atoms. The first-order valence-corrected chi connectivity index (χ1v) is 13.0. The van der Waals surface area contributed by atoms with Gasteiger partial charge < -0.3 is 9.67 Å². The number of rotatable bonds is 6. The van der Waals surface area contributed by atoms with Crippen molar-refractivity contribution < 1.29 is 18.3 Å². The molecule has 2 heterocycles. The Bertz CT molecular complexity index is 1100. The lowest BCUT2D eigenvalue weighted by atomic mass is 9.76. The van der Waals surface area contributed by atoms with E-state index >= 15 is 0 Å². The summed E-state index contributed by atoms with van der Waals surface area (Å²) in [6.45, 7) is 7.66. The molecule has 1 saturated heterocycles.